The van der Waals surface area contributed by atoms with Gasteiger partial charge in [-0.15, -0.1) is 0 Å². The van der Waals surface area contributed by atoms with Crippen molar-refractivity contribution < 1.29 is 14.0 Å². The van der Waals surface area contributed by atoms with Gasteiger partial charge in [-0.25, -0.2) is 9.07 Å². The zero-order valence-corrected chi connectivity index (χ0v) is 14.4. The lowest BCUT2D eigenvalue weighted by molar-refractivity contribution is -0.126. The SMILES string of the molecule is CN1C(=O)[C@@]2(CC(=O)Nc3c2cnn3-c2cccc(F)c2)c2ccccc21. The largest absolute Gasteiger partial charge is 0.314 e. The second-order valence-corrected chi connectivity index (χ2v) is 6.81. The van der Waals surface area contributed by atoms with Crippen LogP contribution in [-0.2, 0) is 15.0 Å². The van der Waals surface area contributed by atoms with Crippen LogP contribution in [0.5, 0.6) is 0 Å². The van der Waals surface area contributed by atoms with Crippen molar-refractivity contribution in [2.75, 3.05) is 17.3 Å². The number of likely N-dealkylation sites (N-methyl/N-ethyl adjacent to an activating group) is 1. The van der Waals surface area contributed by atoms with E-state index in [1.165, 1.54) is 16.8 Å². The van der Waals surface area contributed by atoms with Crippen molar-refractivity contribution in [1.29, 1.82) is 0 Å². The molecular weight excluding hydrogens is 347 g/mol. The number of benzene rings is 2. The summed E-state index contributed by atoms with van der Waals surface area (Å²) in [6.07, 6.45) is 1.60. The summed E-state index contributed by atoms with van der Waals surface area (Å²) in [4.78, 5) is 27.5. The molecule has 6 nitrogen and oxygen atoms in total. The van der Waals surface area contributed by atoms with E-state index >= 15 is 0 Å². The van der Waals surface area contributed by atoms with E-state index in [0.717, 1.165) is 11.3 Å². The van der Waals surface area contributed by atoms with Crippen molar-refractivity contribution in [3.8, 4) is 5.69 Å². The Morgan fingerprint density at radius 1 is 1.11 bits per heavy atom. The second kappa shape index (κ2) is 5.26. The van der Waals surface area contributed by atoms with Gasteiger partial charge >= 0.3 is 0 Å². The third kappa shape index (κ3) is 1.96. The Hall–Kier alpha value is -3.48. The number of para-hydroxylation sites is 1. The number of aromatic nitrogens is 2. The molecule has 0 unspecified atom stereocenters. The lowest BCUT2D eigenvalue weighted by atomic mass is 9.72. The normalized spacial score (nSPS) is 20.6. The number of halogens is 1. The number of hydrogen-bond acceptors (Lipinski definition) is 3. The predicted octanol–water partition coefficient (Wildman–Crippen LogP) is 2.62. The highest BCUT2D eigenvalue weighted by Gasteiger charge is 2.56. The smallest absolute Gasteiger partial charge is 0.242 e. The topological polar surface area (TPSA) is 67.2 Å². The van der Waals surface area contributed by atoms with Crippen LogP contribution in [-0.4, -0.2) is 28.6 Å². The summed E-state index contributed by atoms with van der Waals surface area (Å²) in [7, 11) is 1.71. The highest BCUT2D eigenvalue weighted by atomic mass is 19.1. The second-order valence-electron chi connectivity index (χ2n) is 6.81. The fraction of sp³-hybridized carbons (Fsp3) is 0.150. The third-order valence-electron chi connectivity index (χ3n) is 5.36. The Morgan fingerprint density at radius 3 is 2.74 bits per heavy atom. The van der Waals surface area contributed by atoms with Crippen molar-refractivity contribution in [1.82, 2.24) is 9.78 Å². The molecule has 0 saturated heterocycles. The van der Waals surface area contributed by atoms with Gasteiger partial charge in [0.1, 0.15) is 17.1 Å². The van der Waals surface area contributed by atoms with Crippen molar-refractivity contribution >= 4 is 23.3 Å². The number of carbonyl (C=O) groups is 2. The minimum absolute atomic E-state index is 0.00896. The minimum atomic E-state index is -1.12. The first-order chi connectivity index (χ1) is 13.0. The Kier molecular flexibility index (Phi) is 3.07. The zero-order chi connectivity index (χ0) is 18.8. The number of rotatable bonds is 1. The van der Waals surface area contributed by atoms with E-state index in [2.05, 4.69) is 10.4 Å². The number of anilines is 2. The van der Waals surface area contributed by atoms with Crippen LogP contribution < -0.4 is 10.2 Å². The monoisotopic (exact) mass is 362 g/mol. The summed E-state index contributed by atoms with van der Waals surface area (Å²) in [6, 6.07) is 13.4. The summed E-state index contributed by atoms with van der Waals surface area (Å²) in [5.74, 6) is -0.455. The molecule has 2 aromatic carbocycles. The van der Waals surface area contributed by atoms with Crippen LogP contribution in [0.3, 0.4) is 0 Å². The highest BCUT2D eigenvalue weighted by molar-refractivity contribution is 6.15. The molecule has 2 amide bonds. The van der Waals surface area contributed by atoms with Crippen molar-refractivity contribution in [2.24, 2.45) is 0 Å². The first kappa shape index (κ1) is 15.7. The van der Waals surface area contributed by atoms with Gasteiger partial charge < -0.3 is 10.2 Å². The fourth-order valence-electron chi connectivity index (χ4n) is 4.17. The van der Waals surface area contributed by atoms with Crippen molar-refractivity contribution in [2.45, 2.75) is 11.8 Å². The van der Waals surface area contributed by atoms with Gasteiger partial charge in [-0.3, -0.25) is 9.59 Å². The fourth-order valence-corrected chi connectivity index (χ4v) is 4.17. The quantitative estimate of drug-likeness (QED) is 0.724. The van der Waals surface area contributed by atoms with Crippen LogP contribution in [0.2, 0.25) is 0 Å². The van der Waals surface area contributed by atoms with Crippen LogP contribution in [0.15, 0.2) is 54.7 Å². The molecule has 0 radical (unpaired) electrons. The number of nitrogens with zero attached hydrogens (tertiary/aromatic N) is 3. The Balaban J connectivity index is 1.78. The Morgan fingerprint density at radius 2 is 1.93 bits per heavy atom. The molecular formula is C20H15FN4O2. The lowest BCUT2D eigenvalue weighted by Gasteiger charge is -2.32. The summed E-state index contributed by atoms with van der Waals surface area (Å²) >= 11 is 0. The number of amides is 2. The molecule has 5 rings (SSSR count). The van der Waals surface area contributed by atoms with Crippen molar-refractivity contribution in [3.05, 3.63) is 71.7 Å². The number of hydrogen-bond donors (Lipinski definition) is 1. The molecule has 0 saturated carbocycles. The summed E-state index contributed by atoms with van der Waals surface area (Å²) < 4.78 is 15.1. The maximum Gasteiger partial charge on any atom is 0.242 e. The maximum absolute atomic E-state index is 13.7. The van der Waals surface area contributed by atoms with Gasteiger partial charge in [0.25, 0.3) is 0 Å². The Bertz CT molecular complexity index is 1120. The molecule has 2 aliphatic heterocycles. The average molecular weight is 362 g/mol. The van der Waals surface area contributed by atoms with E-state index in [0.29, 0.717) is 17.1 Å². The molecule has 1 aromatic heterocycles. The van der Waals surface area contributed by atoms with Gasteiger partial charge in [-0.2, -0.15) is 5.10 Å². The van der Waals surface area contributed by atoms with E-state index < -0.39 is 11.2 Å². The molecule has 1 atom stereocenters. The van der Waals surface area contributed by atoms with E-state index in [1.807, 2.05) is 24.3 Å². The number of fused-ring (bicyclic) bond motifs is 4. The summed E-state index contributed by atoms with van der Waals surface area (Å²) in [5, 5.41) is 7.17. The summed E-state index contributed by atoms with van der Waals surface area (Å²) in [5.41, 5.74) is 1.54. The van der Waals surface area contributed by atoms with E-state index in [-0.39, 0.29) is 18.2 Å². The average Bonchev–Trinajstić information content (AvgIpc) is 3.17. The van der Waals surface area contributed by atoms with Gasteiger partial charge in [-0.1, -0.05) is 24.3 Å². The van der Waals surface area contributed by atoms with Crippen LogP contribution in [0, 0.1) is 5.82 Å². The molecule has 3 heterocycles. The van der Waals surface area contributed by atoms with E-state index in [9.17, 15) is 14.0 Å². The number of carbonyl (C=O) groups excluding carboxylic acids is 2. The van der Waals surface area contributed by atoms with Crippen LogP contribution >= 0.6 is 0 Å². The van der Waals surface area contributed by atoms with Gasteiger partial charge in [0.2, 0.25) is 11.8 Å². The van der Waals surface area contributed by atoms with Gasteiger partial charge in [0.05, 0.1) is 11.9 Å². The van der Waals surface area contributed by atoms with E-state index in [4.69, 9.17) is 0 Å². The molecule has 1 spiro atoms. The lowest BCUT2D eigenvalue weighted by Crippen LogP contribution is -2.45. The van der Waals surface area contributed by atoms with Crippen molar-refractivity contribution in [3.63, 3.8) is 0 Å². The standard InChI is InChI=1S/C20H15FN4O2/c1-24-16-8-3-2-7-14(16)20(19(24)27)10-17(26)23-18-15(20)11-22-25(18)13-6-4-5-12(21)9-13/h2-9,11H,10H2,1H3,(H,23,26)/t20-/m0/s1. The first-order valence-corrected chi connectivity index (χ1v) is 8.54. The Labute approximate surface area is 154 Å². The molecule has 3 aromatic rings. The molecule has 0 fully saturated rings. The molecule has 1 N–H and O–H groups in total. The van der Waals surface area contributed by atoms with Crippen LogP contribution in [0.1, 0.15) is 17.5 Å². The van der Waals surface area contributed by atoms with Crippen LogP contribution in [0.25, 0.3) is 5.69 Å². The first-order valence-electron chi connectivity index (χ1n) is 8.54. The maximum atomic E-state index is 13.7. The molecule has 0 bridgehead atoms. The molecule has 27 heavy (non-hydrogen) atoms. The van der Waals surface area contributed by atoms with Gasteiger partial charge in [0, 0.05) is 24.7 Å². The van der Waals surface area contributed by atoms with Gasteiger partial charge in [-0.05, 0) is 29.8 Å². The molecule has 0 aliphatic carbocycles. The summed E-state index contributed by atoms with van der Waals surface area (Å²) in [6.45, 7) is 0. The third-order valence-corrected chi connectivity index (χ3v) is 5.36. The highest BCUT2D eigenvalue weighted by Crippen LogP contribution is 2.51. The molecule has 7 heteroatoms. The number of nitrogens with one attached hydrogen (secondary N) is 1. The molecule has 2 aliphatic rings. The van der Waals surface area contributed by atoms with E-state index in [1.54, 1.807) is 30.3 Å². The van der Waals surface area contributed by atoms with Crippen LogP contribution in [0.4, 0.5) is 15.9 Å². The molecule has 134 valence electrons. The predicted molar refractivity (Wildman–Crippen MR) is 97.4 cm³/mol. The minimum Gasteiger partial charge on any atom is -0.314 e. The van der Waals surface area contributed by atoms with Gasteiger partial charge in [0.15, 0.2) is 0 Å². The zero-order valence-electron chi connectivity index (χ0n) is 14.4.